The van der Waals surface area contributed by atoms with Crippen LogP contribution in [0.2, 0.25) is 0 Å². The zero-order valence-corrected chi connectivity index (χ0v) is 13.6. The minimum absolute atomic E-state index is 0.113. The molecular formula is C13H14N2O5S2. The van der Waals surface area contributed by atoms with E-state index in [1.807, 2.05) is 0 Å². The first kappa shape index (κ1) is 16.5. The number of aryl methyl sites for hydroxylation is 1. The van der Waals surface area contributed by atoms with Crippen molar-refractivity contribution in [1.82, 2.24) is 9.97 Å². The molecule has 0 unspecified atom stereocenters. The van der Waals surface area contributed by atoms with E-state index in [-0.39, 0.29) is 22.8 Å². The molecular weight excluding hydrogens is 328 g/mol. The van der Waals surface area contributed by atoms with Crippen molar-refractivity contribution >= 4 is 45.3 Å². The Hall–Kier alpha value is -1.87. The lowest BCUT2D eigenvalue weighted by molar-refractivity contribution is -0.142. The maximum atomic E-state index is 12.1. The third-order valence-corrected chi connectivity index (χ3v) is 4.87. The number of rotatable bonds is 6. The number of carbonyl (C=O) groups is 2. The second kappa shape index (κ2) is 6.93. The molecule has 0 atom stereocenters. The Morgan fingerprint density at radius 2 is 2.18 bits per heavy atom. The number of nitrogens with zero attached hydrogens (tertiary/aromatic N) is 1. The molecule has 2 aromatic rings. The lowest BCUT2D eigenvalue weighted by Crippen LogP contribution is -2.10. The molecule has 9 heteroatoms. The quantitative estimate of drug-likeness (QED) is 0.469. The zero-order valence-electron chi connectivity index (χ0n) is 12.0. The molecule has 0 saturated carbocycles. The number of H-pyrrole nitrogens is 1. The standard InChI is InChI=1S/C13H14N2O5S2/c1-3-20-7(16)4-5-21-13-14-10(17)8-6(2)9(12(18)19)22-11(8)15-13/h3-5H2,1-2H3,(H,18,19)(H,14,15,17). The van der Waals surface area contributed by atoms with Gasteiger partial charge >= 0.3 is 11.9 Å². The van der Waals surface area contributed by atoms with Gasteiger partial charge in [-0.25, -0.2) is 9.78 Å². The topological polar surface area (TPSA) is 109 Å². The number of fused-ring (bicyclic) bond motifs is 1. The fourth-order valence-electron chi connectivity index (χ4n) is 1.86. The van der Waals surface area contributed by atoms with Crippen molar-refractivity contribution in [3.63, 3.8) is 0 Å². The second-order valence-electron chi connectivity index (χ2n) is 4.32. The fraction of sp³-hybridized carbons (Fsp3) is 0.385. The number of thiophene rings is 1. The van der Waals surface area contributed by atoms with Crippen LogP contribution in [0.4, 0.5) is 0 Å². The van der Waals surface area contributed by atoms with Gasteiger partial charge in [-0.15, -0.1) is 11.3 Å². The monoisotopic (exact) mass is 342 g/mol. The number of aromatic amines is 1. The van der Waals surface area contributed by atoms with Crippen LogP contribution in [0.15, 0.2) is 9.95 Å². The SMILES string of the molecule is CCOC(=O)CCSc1nc2sc(C(=O)O)c(C)c2c(=O)[nH]1. The average molecular weight is 342 g/mol. The van der Waals surface area contributed by atoms with Crippen molar-refractivity contribution in [3.05, 3.63) is 20.8 Å². The van der Waals surface area contributed by atoms with Crippen molar-refractivity contribution in [3.8, 4) is 0 Å². The number of carboxylic acids is 1. The third-order valence-electron chi connectivity index (χ3n) is 2.82. The first-order chi connectivity index (χ1) is 10.4. The molecule has 0 aliphatic rings. The largest absolute Gasteiger partial charge is 0.477 e. The van der Waals surface area contributed by atoms with Crippen molar-refractivity contribution in [1.29, 1.82) is 0 Å². The molecule has 7 nitrogen and oxygen atoms in total. The molecule has 0 spiro atoms. The number of thioether (sulfide) groups is 1. The average Bonchev–Trinajstić information content (AvgIpc) is 2.77. The van der Waals surface area contributed by atoms with E-state index < -0.39 is 5.97 Å². The van der Waals surface area contributed by atoms with Crippen LogP contribution in [0, 0.1) is 6.92 Å². The zero-order chi connectivity index (χ0) is 16.3. The number of carbonyl (C=O) groups excluding carboxylic acids is 1. The van der Waals surface area contributed by atoms with Gasteiger partial charge in [0.1, 0.15) is 9.71 Å². The van der Waals surface area contributed by atoms with Crippen LogP contribution in [0.3, 0.4) is 0 Å². The Bertz CT molecular complexity index is 781. The predicted molar refractivity (Wildman–Crippen MR) is 83.9 cm³/mol. The lowest BCUT2D eigenvalue weighted by Gasteiger charge is -2.02. The molecule has 0 amide bonds. The lowest BCUT2D eigenvalue weighted by atomic mass is 10.2. The minimum atomic E-state index is -1.07. The highest BCUT2D eigenvalue weighted by Gasteiger charge is 2.18. The Kier molecular flexibility index (Phi) is 5.19. The Morgan fingerprint density at radius 1 is 1.45 bits per heavy atom. The molecule has 0 fully saturated rings. The van der Waals surface area contributed by atoms with E-state index in [1.54, 1.807) is 13.8 Å². The molecule has 2 aromatic heterocycles. The highest BCUT2D eigenvalue weighted by atomic mass is 32.2. The Labute approximate surface area is 133 Å². The van der Waals surface area contributed by atoms with Crippen molar-refractivity contribution < 1.29 is 19.4 Å². The molecule has 2 heterocycles. The number of hydrogen-bond donors (Lipinski definition) is 2. The first-order valence-electron chi connectivity index (χ1n) is 6.49. The molecule has 22 heavy (non-hydrogen) atoms. The smallest absolute Gasteiger partial charge is 0.346 e. The molecule has 2 rings (SSSR count). The number of nitrogens with one attached hydrogen (secondary N) is 1. The number of hydrogen-bond acceptors (Lipinski definition) is 7. The summed E-state index contributed by atoms with van der Waals surface area (Å²) in [6, 6.07) is 0. The number of esters is 1. The summed E-state index contributed by atoms with van der Waals surface area (Å²) in [7, 11) is 0. The van der Waals surface area contributed by atoms with E-state index in [0.29, 0.717) is 33.3 Å². The normalized spacial score (nSPS) is 10.8. The highest BCUT2D eigenvalue weighted by Crippen LogP contribution is 2.28. The second-order valence-corrected chi connectivity index (χ2v) is 6.40. The van der Waals surface area contributed by atoms with Crippen LogP contribution in [0.1, 0.15) is 28.6 Å². The van der Waals surface area contributed by atoms with Crippen LogP contribution in [0.25, 0.3) is 10.2 Å². The van der Waals surface area contributed by atoms with Gasteiger partial charge in [-0.05, 0) is 19.4 Å². The van der Waals surface area contributed by atoms with Crippen LogP contribution in [-0.4, -0.2) is 39.4 Å². The maximum Gasteiger partial charge on any atom is 0.346 e. The van der Waals surface area contributed by atoms with Crippen molar-refractivity contribution in [2.45, 2.75) is 25.4 Å². The molecule has 118 valence electrons. The predicted octanol–water partition coefficient (Wildman–Crippen LogP) is 2.04. The van der Waals surface area contributed by atoms with Crippen molar-refractivity contribution in [2.24, 2.45) is 0 Å². The summed E-state index contributed by atoms with van der Waals surface area (Å²) in [6.07, 6.45) is 0.212. The molecule has 0 saturated heterocycles. The summed E-state index contributed by atoms with van der Waals surface area (Å²) in [5.41, 5.74) is 0.0502. The van der Waals surface area contributed by atoms with Gasteiger partial charge in [0.25, 0.3) is 5.56 Å². The van der Waals surface area contributed by atoms with Gasteiger partial charge in [0.2, 0.25) is 0 Å². The summed E-state index contributed by atoms with van der Waals surface area (Å²) in [5.74, 6) is -0.960. The number of carboxylic acid groups (broad SMARTS) is 1. The molecule has 0 aliphatic heterocycles. The maximum absolute atomic E-state index is 12.1. The number of aromatic nitrogens is 2. The van der Waals surface area contributed by atoms with Gasteiger partial charge in [0, 0.05) is 5.75 Å². The van der Waals surface area contributed by atoms with Crippen LogP contribution in [0.5, 0.6) is 0 Å². The molecule has 0 aliphatic carbocycles. The molecule has 0 bridgehead atoms. The summed E-state index contributed by atoms with van der Waals surface area (Å²) < 4.78 is 4.81. The minimum Gasteiger partial charge on any atom is -0.477 e. The molecule has 0 radical (unpaired) electrons. The first-order valence-corrected chi connectivity index (χ1v) is 8.29. The Morgan fingerprint density at radius 3 is 2.82 bits per heavy atom. The van der Waals surface area contributed by atoms with E-state index in [0.717, 1.165) is 11.3 Å². The summed E-state index contributed by atoms with van der Waals surface area (Å²) >= 11 is 2.19. The van der Waals surface area contributed by atoms with Crippen LogP contribution < -0.4 is 5.56 Å². The summed E-state index contributed by atoms with van der Waals surface area (Å²) in [5, 5.41) is 9.76. The number of ether oxygens (including phenoxy) is 1. The van der Waals surface area contributed by atoms with Gasteiger partial charge in [-0.2, -0.15) is 0 Å². The van der Waals surface area contributed by atoms with Gasteiger partial charge in [0.15, 0.2) is 5.16 Å². The molecule has 0 aromatic carbocycles. The summed E-state index contributed by atoms with van der Waals surface area (Å²) in [6.45, 7) is 3.65. The number of aromatic carboxylic acids is 1. The van der Waals surface area contributed by atoms with Gasteiger partial charge < -0.3 is 14.8 Å². The molecule has 2 N–H and O–H groups in total. The summed E-state index contributed by atoms with van der Waals surface area (Å²) in [4.78, 5) is 41.8. The van der Waals surface area contributed by atoms with E-state index in [4.69, 9.17) is 9.84 Å². The fourth-order valence-corrected chi connectivity index (χ4v) is 3.72. The van der Waals surface area contributed by atoms with Crippen LogP contribution in [-0.2, 0) is 9.53 Å². The van der Waals surface area contributed by atoms with Crippen molar-refractivity contribution in [2.75, 3.05) is 12.4 Å². The third kappa shape index (κ3) is 3.47. The van der Waals surface area contributed by atoms with Gasteiger partial charge in [-0.3, -0.25) is 9.59 Å². The van der Waals surface area contributed by atoms with Crippen LogP contribution >= 0.6 is 23.1 Å². The van der Waals surface area contributed by atoms with Gasteiger partial charge in [0.05, 0.1) is 18.4 Å². The Balaban J connectivity index is 2.21. The van der Waals surface area contributed by atoms with Gasteiger partial charge in [-0.1, -0.05) is 11.8 Å². The highest BCUT2D eigenvalue weighted by molar-refractivity contribution is 7.99. The van der Waals surface area contributed by atoms with E-state index in [1.165, 1.54) is 11.8 Å². The van der Waals surface area contributed by atoms with E-state index in [2.05, 4.69) is 9.97 Å². The van der Waals surface area contributed by atoms with E-state index in [9.17, 15) is 14.4 Å². The van der Waals surface area contributed by atoms with E-state index >= 15 is 0 Å².